The number of aromatic nitrogens is 3. The molecule has 0 bridgehead atoms. The van der Waals surface area contributed by atoms with Crippen molar-refractivity contribution in [2.75, 3.05) is 0 Å². The first-order valence-corrected chi connectivity index (χ1v) is 18.7. The van der Waals surface area contributed by atoms with Crippen LogP contribution >= 0.6 is 22.7 Å². The van der Waals surface area contributed by atoms with Crippen LogP contribution in [-0.4, -0.2) is 14.5 Å². The van der Waals surface area contributed by atoms with Crippen molar-refractivity contribution in [3.8, 4) is 39.2 Å². The van der Waals surface area contributed by atoms with E-state index in [4.69, 9.17) is 9.97 Å². The molecule has 0 aliphatic rings. The maximum atomic E-state index is 5.28. The van der Waals surface area contributed by atoms with E-state index in [1.165, 1.54) is 68.9 Å². The lowest BCUT2D eigenvalue weighted by atomic mass is 9.97. The normalized spacial score (nSPS) is 11.9. The highest BCUT2D eigenvalue weighted by Gasteiger charge is 2.16. The van der Waals surface area contributed by atoms with Crippen molar-refractivity contribution in [2.45, 2.75) is 0 Å². The Balaban J connectivity index is 1.01. The van der Waals surface area contributed by atoms with Gasteiger partial charge in [-0.25, -0.2) is 9.97 Å². The van der Waals surface area contributed by atoms with E-state index in [0.29, 0.717) is 0 Å². The first-order valence-electron chi connectivity index (χ1n) is 17.1. The van der Waals surface area contributed by atoms with Gasteiger partial charge in [-0.15, -0.1) is 22.7 Å². The van der Waals surface area contributed by atoms with Gasteiger partial charge in [-0.1, -0.05) is 109 Å². The van der Waals surface area contributed by atoms with Crippen molar-refractivity contribution in [3.63, 3.8) is 0 Å². The fraction of sp³-hybridized carbons (Fsp3) is 0. The second kappa shape index (κ2) is 11.2. The number of hydrogen-bond donors (Lipinski definition) is 0. The Morgan fingerprint density at radius 1 is 0.451 bits per heavy atom. The number of benzene rings is 7. The molecule has 0 saturated carbocycles. The molecule has 4 aromatic heterocycles. The SMILES string of the molecule is c1cc(-c2ccc3sc4ncc(-c5cccc(-n6c7ccccc7c7ccccc76)c5)nc4c3c2)cc(-c2cccc3c2sc2ccccc23)c1. The van der Waals surface area contributed by atoms with Crippen LogP contribution in [0.5, 0.6) is 0 Å². The lowest BCUT2D eigenvalue weighted by molar-refractivity contribution is 1.18. The van der Waals surface area contributed by atoms with Gasteiger partial charge >= 0.3 is 0 Å². The maximum Gasteiger partial charge on any atom is 0.143 e. The molecule has 4 heterocycles. The quantitative estimate of drug-likeness (QED) is 0.185. The second-order valence-corrected chi connectivity index (χ2v) is 15.1. The van der Waals surface area contributed by atoms with Crippen molar-refractivity contribution >= 4 is 85.1 Å². The predicted octanol–water partition coefficient (Wildman–Crippen LogP) is 13.3. The Hall–Kier alpha value is -6.14. The van der Waals surface area contributed by atoms with Gasteiger partial charge in [0.2, 0.25) is 0 Å². The molecule has 3 nitrogen and oxygen atoms in total. The molecule has 0 N–H and O–H groups in total. The zero-order valence-corrected chi connectivity index (χ0v) is 28.9. The van der Waals surface area contributed by atoms with Crippen LogP contribution in [0.25, 0.3) is 102 Å². The molecule has 7 aromatic carbocycles. The van der Waals surface area contributed by atoms with Gasteiger partial charge in [0.25, 0.3) is 0 Å². The molecule has 0 aliphatic carbocycles. The van der Waals surface area contributed by atoms with E-state index in [1.54, 1.807) is 11.3 Å². The Bertz CT molecular complexity index is 3110. The van der Waals surface area contributed by atoms with Gasteiger partial charge < -0.3 is 4.57 Å². The summed E-state index contributed by atoms with van der Waals surface area (Å²) in [5, 5.41) is 6.28. The topological polar surface area (TPSA) is 30.7 Å². The molecular formula is C46H27N3S2. The molecule has 0 aliphatic heterocycles. The van der Waals surface area contributed by atoms with E-state index in [9.17, 15) is 0 Å². The molecule has 0 spiro atoms. The molecule has 11 rings (SSSR count). The fourth-order valence-corrected chi connectivity index (χ4v) is 9.91. The lowest BCUT2D eigenvalue weighted by Gasteiger charge is -2.10. The number of nitrogens with zero attached hydrogens (tertiary/aromatic N) is 3. The third kappa shape index (κ3) is 4.49. The number of thiophene rings is 2. The Labute approximate surface area is 301 Å². The molecule has 51 heavy (non-hydrogen) atoms. The van der Waals surface area contributed by atoms with E-state index in [1.807, 2.05) is 17.5 Å². The van der Waals surface area contributed by atoms with Crippen LogP contribution in [0, 0.1) is 0 Å². The molecule has 11 aromatic rings. The summed E-state index contributed by atoms with van der Waals surface area (Å²) in [6, 6.07) is 57.0. The zero-order chi connectivity index (χ0) is 33.5. The first kappa shape index (κ1) is 28.7. The lowest BCUT2D eigenvalue weighted by Crippen LogP contribution is -1.95. The highest BCUT2D eigenvalue weighted by molar-refractivity contribution is 7.26. The Kier molecular flexibility index (Phi) is 6.29. The van der Waals surface area contributed by atoms with Crippen LogP contribution in [0.2, 0.25) is 0 Å². The van der Waals surface area contributed by atoms with Crippen molar-refractivity contribution in [2.24, 2.45) is 0 Å². The molecule has 0 amide bonds. The van der Waals surface area contributed by atoms with Gasteiger partial charge in [0, 0.05) is 52.3 Å². The third-order valence-corrected chi connectivity index (χ3v) is 12.4. The summed E-state index contributed by atoms with van der Waals surface area (Å²) in [6.45, 7) is 0. The standard InChI is InChI=1S/C46H27N3S2/c1-4-19-40-34(14-1)35-15-2-5-20-41(35)49(40)32-13-8-12-31(25-32)39-27-47-46-44(48-39)38-26-29(22-23-43(38)51-46)28-10-7-11-30(24-28)33-17-9-18-37-36-16-3-6-21-42(36)50-45(33)37/h1-27H. The number of rotatable bonds is 4. The average Bonchev–Trinajstić information content (AvgIpc) is 3.87. The van der Waals surface area contributed by atoms with Gasteiger partial charge in [0.15, 0.2) is 0 Å². The van der Waals surface area contributed by atoms with Gasteiger partial charge in [0.1, 0.15) is 10.3 Å². The first-order chi connectivity index (χ1) is 25.3. The summed E-state index contributed by atoms with van der Waals surface area (Å²) in [4.78, 5) is 11.2. The highest BCUT2D eigenvalue weighted by atomic mass is 32.1. The molecule has 0 fully saturated rings. The molecule has 0 atom stereocenters. The van der Waals surface area contributed by atoms with Gasteiger partial charge in [0.05, 0.1) is 22.9 Å². The summed E-state index contributed by atoms with van der Waals surface area (Å²) in [6.07, 6.45) is 1.92. The maximum absolute atomic E-state index is 5.28. The molecule has 0 saturated heterocycles. The van der Waals surface area contributed by atoms with E-state index in [2.05, 4.69) is 162 Å². The zero-order valence-electron chi connectivity index (χ0n) is 27.2. The summed E-state index contributed by atoms with van der Waals surface area (Å²) < 4.78 is 6.20. The largest absolute Gasteiger partial charge is 0.309 e. The number of fused-ring (bicyclic) bond motifs is 9. The molecule has 238 valence electrons. The van der Waals surface area contributed by atoms with Crippen molar-refractivity contribution in [3.05, 3.63) is 164 Å². The van der Waals surface area contributed by atoms with Crippen LogP contribution in [0.15, 0.2) is 164 Å². The number of hydrogen-bond acceptors (Lipinski definition) is 4. The van der Waals surface area contributed by atoms with Crippen LogP contribution in [-0.2, 0) is 0 Å². The Morgan fingerprint density at radius 2 is 1.12 bits per heavy atom. The van der Waals surface area contributed by atoms with Crippen LogP contribution in [0.3, 0.4) is 0 Å². The van der Waals surface area contributed by atoms with E-state index in [0.717, 1.165) is 32.7 Å². The summed E-state index contributed by atoms with van der Waals surface area (Å²) in [5.41, 5.74) is 11.2. The monoisotopic (exact) mass is 685 g/mol. The van der Waals surface area contributed by atoms with Gasteiger partial charge in [-0.05, 0) is 70.8 Å². The van der Waals surface area contributed by atoms with E-state index >= 15 is 0 Å². The number of para-hydroxylation sites is 2. The minimum Gasteiger partial charge on any atom is -0.309 e. The fourth-order valence-electron chi connectivity index (χ4n) is 7.70. The third-order valence-electron chi connectivity index (χ3n) is 10.1. The molecule has 0 unspecified atom stereocenters. The van der Waals surface area contributed by atoms with Crippen molar-refractivity contribution < 1.29 is 0 Å². The smallest absolute Gasteiger partial charge is 0.143 e. The minimum atomic E-state index is 0.869. The predicted molar refractivity (Wildman–Crippen MR) is 218 cm³/mol. The van der Waals surface area contributed by atoms with Crippen molar-refractivity contribution in [1.29, 1.82) is 0 Å². The molecule has 0 radical (unpaired) electrons. The van der Waals surface area contributed by atoms with Crippen LogP contribution < -0.4 is 0 Å². The minimum absolute atomic E-state index is 0.869. The highest BCUT2D eigenvalue weighted by Crippen LogP contribution is 2.41. The summed E-state index contributed by atoms with van der Waals surface area (Å²) >= 11 is 3.57. The Morgan fingerprint density at radius 3 is 1.98 bits per heavy atom. The average molecular weight is 686 g/mol. The van der Waals surface area contributed by atoms with Gasteiger partial charge in [-0.3, -0.25) is 0 Å². The van der Waals surface area contributed by atoms with Crippen LogP contribution in [0.4, 0.5) is 0 Å². The second-order valence-electron chi connectivity index (χ2n) is 13.0. The summed E-state index contributed by atoms with van der Waals surface area (Å²) in [5.74, 6) is 0. The van der Waals surface area contributed by atoms with E-state index in [-0.39, 0.29) is 0 Å². The van der Waals surface area contributed by atoms with E-state index < -0.39 is 0 Å². The van der Waals surface area contributed by atoms with Crippen molar-refractivity contribution in [1.82, 2.24) is 14.5 Å². The molecular weight excluding hydrogens is 659 g/mol. The van der Waals surface area contributed by atoms with Crippen LogP contribution in [0.1, 0.15) is 0 Å². The summed E-state index contributed by atoms with van der Waals surface area (Å²) in [7, 11) is 0. The molecule has 5 heteroatoms. The van der Waals surface area contributed by atoms with Gasteiger partial charge in [-0.2, -0.15) is 0 Å².